The number of carboxylic acid groups (broad SMARTS) is 1. The van der Waals surface area contributed by atoms with E-state index in [-0.39, 0.29) is 6.10 Å². The summed E-state index contributed by atoms with van der Waals surface area (Å²) in [6, 6.07) is 14.8. The van der Waals surface area contributed by atoms with Gasteiger partial charge in [0.15, 0.2) is 11.5 Å². The third-order valence-corrected chi connectivity index (χ3v) is 6.47. The molecule has 1 N–H and O–H groups in total. The molecule has 5 rings (SSSR count). The highest BCUT2D eigenvalue weighted by Crippen LogP contribution is 2.41. The van der Waals surface area contributed by atoms with Crippen molar-refractivity contribution in [2.24, 2.45) is 0 Å². The van der Waals surface area contributed by atoms with E-state index in [1.54, 1.807) is 52.3 Å². The van der Waals surface area contributed by atoms with E-state index in [2.05, 4.69) is 4.98 Å². The molecule has 39 heavy (non-hydrogen) atoms. The van der Waals surface area contributed by atoms with Crippen LogP contribution in [0.1, 0.15) is 32.8 Å². The molecule has 1 fully saturated rings. The lowest BCUT2D eigenvalue weighted by atomic mass is 10.1. The number of methoxy groups -OCH3 is 1. The van der Waals surface area contributed by atoms with Gasteiger partial charge in [0, 0.05) is 30.6 Å². The van der Waals surface area contributed by atoms with Crippen molar-refractivity contribution in [2.75, 3.05) is 25.1 Å². The number of hydrogen-bond acceptors (Lipinski definition) is 8. The summed E-state index contributed by atoms with van der Waals surface area (Å²) in [5, 5.41) is 11.5. The van der Waals surface area contributed by atoms with Crippen molar-refractivity contribution >= 4 is 39.9 Å². The first-order valence-electron chi connectivity index (χ1n) is 12.7. The zero-order valence-electron chi connectivity index (χ0n) is 22.3. The molecule has 2 aromatic heterocycles. The van der Waals surface area contributed by atoms with E-state index in [4.69, 9.17) is 18.9 Å². The van der Waals surface area contributed by atoms with Gasteiger partial charge in [-0.2, -0.15) is 0 Å². The topological polar surface area (TPSA) is 112 Å². The van der Waals surface area contributed by atoms with Crippen LogP contribution in [0.3, 0.4) is 0 Å². The van der Waals surface area contributed by atoms with Gasteiger partial charge in [0.1, 0.15) is 24.1 Å². The number of pyridine rings is 1. The van der Waals surface area contributed by atoms with Crippen LogP contribution in [0.15, 0.2) is 54.7 Å². The Morgan fingerprint density at radius 1 is 1.08 bits per heavy atom. The van der Waals surface area contributed by atoms with Crippen LogP contribution in [0.2, 0.25) is 0 Å². The van der Waals surface area contributed by atoms with Crippen LogP contribution in [0, 0.1) is 0 Å². The zero-order chi connectivity index (χ0) is 27.7. The number of benzene rings is 2. The van der Waals surface area contributed by atoms with E-state index in [0.29, 0.717) is 65.2 Å². The van der Waals surface area contributed by atoms with Crippen LogP contribution in [0.25, 0.3) is 21.8 Å². The van der Waals surface area contributed by atoms with Gasteiger partial charge in [-0.3, -0.25) is 0 Å². The Labute approximate surface area is 225 Å². The maximum atomic E-state index is 12.4. The van der Waals surface area contributed by atoms with Crippen molar-refractivity contribution in [1.29, 1.82) is 0 Å². The van der Waals surface area contributed by atoms with Gasteiger partial charge in [0.2, 0.25) is 0 Å². The molecule has 4 aromatic rings. The van der Waals surface area contributed by atoms with Crippen LogP contribution >= 0.6 is 0 Å². The molecular weight excluding hydrogens is 502 g/mol. The van der Waals surface area contributed by atoms with Crippen molar-refractivity contribution in [3.05, 3.63) is 60.3 Å². The minimum atomic E-state index is -1.13. The highest BCUT2D eigenvalue weighted by Gasteiger charge is 2.31. The van der Waals surface area contributed by atoms with E-state index < -0.39 is 17.8 Å². The van der Waals surface area contributed by atoms with E-state index in [0.717, 1.165) is 5.56 Å². The predicted molar refractivity (Wildman–Crippen MR) is 146 cm³/mol. The van der Waals surface area contributed by atoms with Crippen molar-refractivity contribution in [2.45, 2.75) is 45.5 Å². The number of hydrogen-bond donors (Lipinski definition) is 1. The fourth-order valence-corrected chi connectivity index (χ4v) is 4.83. The molecule has 0 aliphatic carbocycles. The molecule has 10 heteroatoms. The molecular formula is C29H31N3O7. The Hall–Kier alpha value is -4.47. The molecule has 204 valence electrons. The van der Waals surface area contributed by atoms with E-state index >= 15 is 0 Å². The van der Waals surface area contributed by atoms with E-state index in [9.17, 15) is 14.7 Å². The van der Waals surface area contributed by atoms with Gasteiger partial charge in [0.05, 0.1) is 30.1 Å². The third kappa shape index (κ3) is 5.41. The van der Waals surface area contributed by atoms with Gasteiger partial charge in [0.25, 0.3) is 0 Å². The fraction of sp³-hybridized carbons (Fsp3) is 0.345. The summed E-state index contributed by atoms with van der Waals surface area (Å²) < 4.78 is 23.7. The molecule has 0 radical (unpaired) electrons. The third-order valence-electron chi connectivity index (χ3n) is 6.47. The molecule has 0 spiro atoms. The van der Waals surface area contributed by atoms with Crippen molar-refractivity contribution < 1.29 is 33.6 Å². The number of nitrogens with zero attached hydrogens (tertiary/aromatic N) is 3. The monoisotopic (exact) mass is 533 g/mol. The molecule has 0 bridgehead atoms. The highest BCUT2D eigenvalue weighted by molar-refractivity contribution is 6.17. The zero-order valence-corrected chi connectivity index (χ0v) is 22.3. The maximum Gasteiger partial charge on any atom is 0.509 e. The molecule has 1 atom stereocenters. The number of aromatic nitrogens is 2. The summed E-state index contributed by atoms with van der Waals surface area (Å²) >= 11 is 0. The summed E-state index contributed by atoms with van der Waals surface area (Å²) in [6.07, 6.45) is -0.0375. The standard InChI is InChI=1S/C29H31N3O7/c1-29(2,3)39-28(35)38-19-11-13-31(16-19)26-25-20-14-23(36-4)24(37-17-18-8-6-5-7-9-18)15-22(20)32(27(33)34)21(25)10-12-30-26/h5-10,12,14-15,19H,11,13,16-17H2,1-4H3,(H,33,34)/t19-/m0/s1. The minimum Gasteiger partial charge on any atom is -0.493 e. The summed E-state index contributed by atoms with van der Waals surface area (Å²) in [4.78, 5) is 31.2. The van der Waals surface area contributed by atoms with Gasteiger partial charge in [-0.15, -0.1) is 0 Å². The molecule has 1 aliphatic heterocycles. The van der Waals surface area contributed by atoms with Gasteiger partial charge in [-0.25, -0.2) is 19.1 Å². The van der Waals surface area contributed by atoms with Crippen LogP contribution in [-0.4, -0.2) is 58.8 Å². The summed E-state index contributed by atoms with van der Waals surface area (Å²) in [5.41, 5.74) is 1.27. The normalized spacial score (nSPS) is 15.5. The molecule has 0 amide bonds. The Morgan fingerprint density at radius 2 is 1.85 bits per heavy atom. The second kappa shape index (κ2) is 10.4. The first-order chi connectivity index (χ1) is 18.6. The number of carbonyl (C=O) groups is 2. The van der Waals surface area contributed by atoms with Crippen LogP contribution in [-0.2, 0) is 16.1 Å². The molecule has 1 saturated heterocycles. The van der Waals surface area contributed by atoms with Crippen LogP contribution in [0.4, 0.5) is 15.4 Å². The first-order valence-corrected chi connectivity index (χ1v) is 12.7. The molecule has 0 unspecified atom stereocenters. The molecule has 2 aromatic carbocycles. The quantitative estimate of drug-likeness (QED) is 0.306. The number of carbonyl (C=O) groups excluding carboxylic acids is 1. The number of fused-ring (bicyclic) bond motifs is 3. The number of ether oxygens (including phenoxy) is 4. The predicted octanol–water partition coefficient (Wildman–Crippen LogP) is 5.83. The molecule has 10 nitrogen and oxygen atoms in total. The first kappa shape index (κ1) is 26.1. The Balaban J connectivity index is 1.52. The molecule has 1 aliphatic rings. The SMILES string of the molecule is COc1cc2c3c(N4CC[C@H](OC(=O)OC(C)(C)C)C4)nccc3n(C(=O)O)c2cc1OCc1ccccc1. The maximum absolute atomic E-state index is 12.4. The van der Waals surface area contributed by atoms with Crippen LogP contribution < -0.4 is 14.4 Å². The minimum absolute atomic E-state index is 0.301. The van der Waals surface area contributed by atoms with Gasteiger partial charge in [-0.05, 0) is 38.5 Å². The second-order valence-electron chi connectivity index (χ2n) is 10.4. The number of anilines is 1. The van der Waals surface area contributed by atoms with Crippen LogP contribution in [0.5, 0.6) is 11.5 Å². The Morgan fingerprint density at radius 3 is 2.54 bits per heavy atom. The van der Waals surface area contributed by atoms with Gasteiger partial charge < -0.3 is 29.0 Å². The summed E-state index contributed by atoms with van der Waals surface area (Å²) in [5.74, 6) is 1.51. The second-order valence-corrected chi connectivity index (χ2v) is 10.4. The van der Waals surface area contributed by atoms with Crippen molar-refractivity contribution in [3.63, 3.8) is 0 Å². The van der Waals surface area contributed by atoms with Gasteiger partial charge in [-0.1, -0.05) is 30.3 Å². The number of rotatable bonds is 6. The average Bonchev–Trinajstić information content (AvgIpc) is 3.48. The lowest BCUT2D eigenvalue weighted by molar-refractivity contribution is -0.0226. The Kier molecular flexibility index (Phi) is 6.94. The summed E-state index contributed by atoms with van der Waals surface area (Å²) in [7, 11) is 1.55. The van der Waals surface area contributed by atoms with Crippen molar-refractivity contribution in [3.8, 4) is 11.5 Å². The average molecular weight is 534 g/mol. The summed E-state index contributed by atoms with van der Waals surface area (Å²) in [6.45, 7) is 6.63. The molecule has 0 saturated carbocycles. The largest absolute Gasteiger partial charge is 0.509 e. The smallest absolute Gasteiger partial charge is 0.493 e. The lowest BCUT2D eigenvalue weighted by Crippen LogP contribution is -2.29. The van der Waals surface area contributed by atoms with Crippen molar-refractivity contribution in [1.82, 2.24) is 9.55 Å². The highest BCUT2D eigenvalue weighted by atomic mass is 16.7. The fourth-order valence-electron chi connectivity index (χ4n) is 4.83. The Bertz CT molecular complexity index is 1530. The van der Waals surface area contributed by atoms with Gasteiger partial charge >= 0.3 is 12.2 Å². The lowest BCUT2D eigenvalue weighted by Gasteiger charge is -2.21. The van der Waals surface area contributed by atoms with E-state index in [1.807, 2.05) is 35.2 Å². The molecule has 3 heterocycles. The van der Waals surface area contributed by atoms with E-state index in [1.165, 1.54) is 4.57 Å².